The molecular formula is C31H49NO5S2. The minimum atomic E-state index is -0.781. The highest BCUT2D eigenvalue weighted by Gasteiger charge is 2.38. The van der Waals surface area contributed by atoms with Crippen molar-refractivity contribution >= 4 is 45.3 Å². The fraction of sp³-hybridized carbons (Fsp3) is 0.710. The van der Waals surface area contributed by atoms with Crippen LogP contribution in [0.1, 0.15) is 104 Å². The fourth-order valence-corrected chi connectivity index (χ4v) is 6.77. The highest BCUT2D eigenvalue weighted by atomic mass is 32.2. The van der Waals surface area contributed by atoms with E-state index in [9.17, 15) is 9.59 Å². The molecule has 220 valence electrons. The average molecular weight is 580 g/mol. The molecule has 0 bridgehead atoms. The van der Waals surface area contributed by atoms with Crippen LogP contribution in [0.15, 0.2) is 28.6 Å². The Balaban J connectivity index is 1.97. The van der Waals surface area contributed by atoms with Gasteiger partial charge < -0.3 is 14.2 Å². The third-order valence-electron chi connectivity index (χ3n) is 6.73. The Labute approximate surface area is 244 Å². The Morgan fingerprint density at radius 3 is 1.90 bits per heavy atom. The summed E-state index contributed by atoms with van der Waals surface area (Å²) in [7, 11) is 1.54. The molecule has 0 radical (unpaired) electrons. The number of carbonyl (C=O) groups excluding carboxylic acids is 2. The van der Waals surface area contributed by atoms with Crippen molar-refractivity contribution in [1.82, 2.24) is 4.98 Å². The summed E-state index contributed by atoms with van der Waals surface area (Å²) < 4.78 is 18.5. The number of thioether (sulfide) groups is 1. The van der Waals surface area contributed by atoms with E-state index in [1.54, 1.807) is 7.11 Å². The summed E-state index contributed by atoms with van der Waals surface area (Å²) in [6.45, 7) is 5.23. The molecule has 0 spiro atoms. The third kappa shape index (κ3) is 13.5. The molecule has 0 saturated carbocycles. The number of esters is 2. The van der Waals surface area contributed by atoms with Gasteiger partial charge in [0.1, 0.15) is 11.2 Å². The van der Waals surface area contributed by atoms with Gasteiger partial charge in [-0.15, -0.1) is 11.3 Å². The number of carbonyl (C=O) groups is 2. The van der Waals surface area contributed by atoms with Gasteiger partial charge >= 0.3 is 11.9 Å². The van der Waals surface area contributed by atoms with E-state index in [-0.39, 0.29) is 6.61 Å². The fourth-order valence-electron chi connectivity index (χ4n) is 4.42. The summed E-state index contributed by atoms with van der Waals surface area (Å²) in [6, 6.07) is 7.87. The maximum atomic E-state index is 13.3. The van der Waals surface area contributed by atoms with Crippen molar-refractivity contribution in [2.75, 3.05) is 26.9 Å². The highest BCUT2D eigenvalue weighted by molar-refractivity contribution is 8.02. The number of methoxy groups -OCH3 is 1. The van der Waals surface area contributed by atoms with E-state index in [4.69, 9.17) is 14.2 Å². The smallest absolute Gasteiger partial charge is 0.320 e. The molecule has 0 aliphatic carbocycles. The Hall–Kier alpha value is -1.64. The molecule has 1 aromatic heterocycles. The zero-order chi connectivity index (χ0) is 28.1. The van der Waals surface area contributed by atoms with Crippen molar-refractivity contribution in [2.45, 2.75) is 113 Å². The van der Waals surface area contributed by atoms with Gasteiger partial charge in [-0.25, -0.2) is 4.98 Å². The van der Waals surface area contributed by atoms with E-state index in [1.807, 2.05) is 24.3 Å². The third-order valence-corrected chi connectivity index (χ3v) is 9.17. The van der Waals surface area contributed by atoms with Crippen molar-refractivity contribution in [1.29, 1.82) is 0 Å². The number of fused-ring (bicyclic) bond motifs is 1. The predicted molar refractivity (Wildman–Crippen MR) is 163 cm³/mol. The first kappa shape index (κ1) is 33.6. The van der Waals surface area contributed by atoms with Crippen LogP contribution in [-0.2, 0) is 23.8 Å². The Morgan fingerprint density at radius 2 is 1.33 bits per heavy atom. The molecule has 2 aromatic rings. The molecule has 0 saturated heterocycles. The average Bonchev–Trinajstić information content (AvgIpc) is 3.36. The normalized spacial score (nSPS) is 12.9. The van der Waals surface area contributed by atoms with Crippen LogP contribution in [0.5, 0.6) is 0 Å². The second-order valence-electron chi connectivity index (χ2n) is 10.1. The summed E-state index contributed by atoms with van der Waals surface area (Å²) in [5, 5.41) is -0.781. The molecule has 0 fully saturated rings. The van der Waals surface area contributed by atoms with Gasteiger partial charge in [0.25, 0.3) is 0 Å². The van der Waals surface area contributed by atoms with Crippen LogP contribution >= 0.6 is 23.1 Å². The zero-order valence-corrected chi connectivity index (χ0v) is 25.9. The number of nitrogens with zero attached hydrogens (tertiary/aromatic N) is 1. The summed E-state index contributed by atoms with van der Waals surface area (Å²) in [4.78, 5) is 31.2. The van der Waals surface area contributed by atoms with Crippen molar-refractivity contribution in [3.05, 3.63) is 24.3 Å². The number of unbranched alkanes of at least 4 members (excludes halogenated alkanes) is 12. The van der Waals surface area contributed by atoms with Gasteiger partial charge in [-0.2, -0.15) is 0 Å². The number of hydrogen-bond donors (Lipinski definition) is 0. The van der Waals surface area contributed by atoms with Gasteiger partial charge in [0.15, 0.2) is 4.34 Å². The van der Waals surface area contributed by atoms with Gasteiger partial charge in [0, 0.05) is 7.11 Å². The summed E-state index contributed by atoms with van der Waals surface area (Å²) >= 11 is 2.80. The van der Waals surface area contributed by atoms with Crippen LogP contribution in [0.25, 0.3) is 10.2 Å². The maximum Gasteiger partial charge on any atom is 0.320 e. The Morgan fingerprint density at radius 1 is 0.795 bits per heavy atom. The number of thiazole rings is 1. The molecule has 2 rings (SSSR count). The largest absolute Gasteiger partial charge is 0.465 e. The summed E-state index contributed by atoms with van der Waals surface area (Å²) in [6.07, 6.45) is 16.0. The van der Waals surface area contributed by atoms with Gasteiger partial charge in [0.05, 0.1) is 30.0 Å². The standard InChI is InChI=1S/C31H49NO5S2/c1-4-6-8-10-12-14-18-22-36-29(33)25(24-35-3)28(30(34)37-23-19-15-13-11-9-7-5-2)39-31-32-26-20-16-17-21-27(26)38-31/h16-17,20-21,25,28H,4-15,18-19,22-24H2,1-3H3. The van der Waals surface area contributed by atoms with Crippen molar-refractivity contribution in [2.24, 2.45) is 5.92 Å². The van der Waals surface area contributed by atoms with E-state index in [0.29, 0.717) is 13.2 Å². The molecule has 39 heavy (non-hydrogen) atoms. The molecule has 1 aromatic carbocycles. The van der Waals surface area contributed by atoms with Crippen LogP contribution in [-0.4, -0.2) is 49.1 Å². The minimum absolute atomic E-state index is 0.0882. The second-order valence-corrected chi connectivity index (χ2v) is 12.5. The molecule has 0 aliphatic rings. The molecule has 2 unspecified atom stereocenters. The SMILES string of the molecule is CCCCCCCCCOC(=O)C(COC)C(Sc1nc2ccccc2s1)C(=O)OCCCCCCCCC. The molecule has 8 heteroatoms. The Kier molecular flexibility index (Phi) is 18.2. The lowest BCUT2D eigenvalue weighted by Gasteiger charge is -2.23. The van der Waals surface area contributed by atoms with Crippen LogP contribution in [0, 0.1) is 5.92 Å². The van der Waals surface area contributed by atoms with Gasteiger partial charge in [0.2, 0.25) is 0 Å². The lowest BCUT2D eigenvalue weighted by molar-refractivity contribution is -0.156. The van der Waals surface area contributed by atoms with Crippen LogP contribution in [0.4, 0.5) is 0 Å². The minimum Gasteiger partial charge on any atom is -0.465 e. The highest BCUT2D eigenvalue weighted by Crippen LogP contribution is 2.36. The molecule has 6 nitrogen and oxygen atoms in total. The quantitative estimate of drug-likeness (QED) is 0.0741. The first-order valence-electron chi connectivity index (χ1n) is 14.9. The first-order valence-corrected chi connectivity index (χ1v) is 16.6. The topological polar surface area (TPSA) is 74.7 Å². The molecule has 0 aliphatic heterocycles. The number of para-hydroxylation sites is 1. The van der Waals surface area contributed by atoms with Crippen molar-refractivity contribution in [3.8, 4) is 0 Å². The molecule has 0 N–H and O–H groups in total. The van der Waals surface area contributed by atoms with Crippen LogP contribution in [0.3, 0.4) is 0 Å². The summed E-state index contributed by atoms with van der Waals surface area (Å²) in [5.41, 5.74) is 0.880. The number of ether oxygens (including phenoxy) is 3. The number of benzene rings is 1. The molecule has 1 heterocycles. The number of hydrogen-bond acceptors (Lipinski definition) is 8. The zero-order valence-electron chi connectivity index (χ0n) is 24.3. The van der Waals surface area contributed by atoms with E-state index in [1.165, 1.54) is 74.5 Å². The second kappa shape index (κ2) is 21.2. The molecule has 2 atom stereocenters. The van der Waals surface area contributed by atoms with Gasteiger partial charge in [-0.05, 0) is 25.0 Å². The predicted octanol–water partition coefficient (Wildman–Crippen LogP) is 8.61. The van der Waals surface area contributed by atoms with E-state index >= 15 is 0 Å². The van der Waals surface area contributed by atoms with E-state index in [0.717, 1.165) is 53.1 Å². The number of rotatable bonds is 23. The van der Waals surface area contributed by atoms with Gasteiger partial charge in [-0.3, -0.25) is 9.59 Å². The monoisotopic (exact) mass is 579 g/mol. The Bertz CT molecular complexity index is 902. The summed E-state index contributed by atoms with van der Waals surface area (Å²) in [5.74, 6) is -1.58. The van der Waals surface area contributed by atoms with Crippen LogP contribution < -0.4 is 0 Å². The van der Waals surface area contributed by atoms with E-state index < -0.39 is 23.1 Å². The number of aromatic nitrogens is 1. The van der Waals surface area contributed by atoms with Crippen LogP contribution in [0.2, 0.25) is 0 Å². The van der Waals surface area contributed by atoms with Crippen molar-refractivity contribution < 1.29 is 23.8 Å². The van der Waals surface area contributed by atoms with Crippen molar-refractivity contribution in [3.63, 3.8) is 0 Å². The van der Waals surface area contributed by atoms with Gasteiger partial charge in [-0.1, -0.05) is 115 Å². The lowest BCUT2D eigenvalue weighted by atomic mass is 10.1. The lowest BCUT2D eigenvalue weighted by Crippen LogP contribution is -2.38. The van der Waals surface area contributed by atoms with E-state index in [2.05, 4.69) is 18.8 Å². The maximum absolute atomic E-state index is 13.3. The molecule has 0 amide bonds. The molecular weight excluding hydrogens is 530 g/mol. The first-order chi connectivity index (χ1) is 19.1.